The number of carbonyl (C=O) groups is 1. The number of carbonyl (C=O) groups excluding carboxylic acids is 1. The molecule has 1 saturated heterocycles. The van der Waals surface area contributed by atoms with E-state index in [4.69, 9.17) is 0 Å². The molecule has 1 amide bonds. The molecule has 2 N–H and O–H groups in total. The first-order valence-electron chi connectivity index (χ1n) is 6.89. The van der Waals surface area contributed by atoms with Crippen LogP contribution in [0, 0.1) is 5.92 Å². The molecule has 0 bridgehead atoms. The minimum Gasteiger partial charge on any atom is -0.354 e. The summed E-state index contributed by atoms with van der Waals surface area (Å²) in [5.74, 6) is 0.723. The Kier molecular flexibility index (Phi) is 4.93. The van der Waals surface area contributed by atoms with Crippen LogP contribution < -0.4 is 10.6 Å². The Hall–Kier alpha value is -1.39. The van der Waals surface area contributed by atoms with Crippen molar-refractivity contribution in [2.24, 2.45) is 5.92 Å². The Balaban J connectivity index is 1.77. The summed E-state index contributed by atoms with van der Waals surface area (Å²) in [4.78, 5) is 14.1. The molecule has 1 atom stereocenters. The van der Waals surface area contributed by atoms with Crippen molar-refractivity contribution in [3.8, 4) is 0 Å². The van der Waals surface area contributed by atoms with Gasteiger partial charge in [-0.1, -0.05) is 30.3 Å². The van der Waals surface area contributed by atoms with Gasteiger partial charge in [-0.2, -0.15) is 0 Å². The van der Waals surface area contributed by atoms with E-state index in [1.165, 1.54) is 5.56 Å². The summed E-state index contributed by atoms with van der Waals surface area (Å²) in [5, 5.41) is 6.24. The van der Waals surface area contributed by atoms with Gasteiger partial charge in [0.25, 0.3) is 0 Å². The molecule has 4 heteroatoms. The molecule has 1 unspecified atom stereocenters. The second-order valence-corrected chi connectivity index (χ2v) is 5.35. The zero-order valence-electron chi connectivity index (χ0n) is 11.7. The third kappa shape index (κ3) is 4.04. The Morgan fingerprint density at radius 2 is 2.11 bits per heavy atom. The maximum atomic E-state index is 12.0. The monoisotopic (exact) mass is 261 g/mol. The molecule has 19 heavy (non-hydrogen) atoms. The van der Waals surface area contributed by atoms with Crippen molar-refractivity contribution in [3.63, 3.8) is 0 Å². The van der Waals surface area contributed by atoms with Crippen LogP contribution in [0.4, 0.5) is 0 Å². The number of likely N-dealkylation sites (N-methyl/N-ethyl adjacent to an activating group) is 1. The maximum Gasteiger partial charge on any atom is 0.237 e. The van der Waals surface area contributed by atoms with E-state index in [0.29, 0.717) is 5.92 Å². The summed E-state index contributed by atoms with van der Waals surface area (Å²) in [6.07, 6.45) is 0. The van der Waals surface area contributed by atoms with Crippen molar-refractivity contribution in [1.29, 1.82) is 0 Å². The minimum atomic E-state index is -0.103. The second kappa shape index (κ2) is 6.68. The number of hydrogen-bond acceptors (Lipinski definition) is 3. The zero-order valence-corrected chi connectivity index (χ0v) is 11.7. The topological polar surface area (TPSA) is 44.4 Å². The van der Waals surface area contributed by atoms with Crippen LogP contribution in [0.3, 0.4) is 0 Å². The van der Waals surface area contributed by atoms with Gasteiger partial charge in [0, 0.05) is 32.1 Å². The molecule has 0 radical (unpaired) electrons. The molecule has 1 aliphatic heterocycles. The van der Waals surface area contributed by atoms with Gasteiger partial charge in [0.15, 0.2) is 0 Å². The SMILES string of the molecule is CC(C(=O)NCC1CNC1)N(C)Cc1ccccc1. The lowest BCUT2D eigenvalue weighted by Gasteiger charge is -2.29. The van der Waals surface area contributed by atoms with Crippen LogP contribution in [0.5, 0.6) is 0 Å². The van der Waals surface area contributed by atoms with Crippen molar-refractivity contribution >= 4 is 5.91 Å². The van der Waals surface area contributed by atoms with Crippen molar-refractivity contribution in [1.82, 2.24) is 15.5 Å². The van der Waals surface area contributed by atoms with Crippen molar-refractivity contribution < 1.29 is 4.79 Å². The molecular weight excluding hydrogens is 238 g/mol. The van der Waals surface area contributed by atoms with E-state index in [1.807, 2.05) is 32.2 Å². The molecule has 0 saturated carbocycles. The third-order valence-electron chi connectivity index (χ3n) is 3.75. The van der Waals surface area contributed by atoms with Gasteiger partial charge in [-0.3, -0.25) is 9.69 Å². The number of nitrogens with one attached hydrogen (secondary N) is 2. The summed E-state index contributed by atoms with van der Waals surface area (Å²) >= 11 is 0. The molecule has 1 aliphatic rings. The standard InChI is InChI=1S/C15H23N3O/c1-12(15(19)17-10-14-8-16-9-14)18(2)11-13-6-4-3-5-7-13/h3-7,12,14,16H,8-11H2,1-2H3,(H,17,19). The molecule has 0 spiro atoms. The first-order chi connectivity index (χ1) is 9.16. The number of hydrogen-bond donors (Lipinski definition) is 2. The zero-order chi connectivity index (χ0) is 13.7. The minimum absolute atomic E-state index is 0.103. The first-order valence-corrected chi connectivity index (χ1v) is 6.89. The highest BCUT2D eigenvalue weighted by atomic mass is 16.2. The number of amides is 1. The van der Waals surface area contributed by atoms with E-state index in [2.05, 4.69) is 27.7 Å². The van der Waals surface area contributed by atoms with Crippen LogP contribution in [-0.4, -0.2) is 43.5 Å². The number of nitrogens with zero attached hydrogens (tertiary/aromatic N) is 1. The molecule has 2 rings (SSSR count). The van der Waals surface area contributed by atoms with Crippen LogP contribution in [0.15, 0.2) is 30.3 Å². The van der Waals surface area contributed by atoms with Crippen LogP contribution in [0.25, 0.3) is 0 Å². The number of rotatable bonds is 6. The predicted molar refractivity (Wildman–Crippen MR) is 76.7 cm³/mol. The fourth-order valence-electron chi connectivity index (χ4n) is 2.09. The van der Waals surface area contributed by atoms with Crippen molar-refractivity contribution in [2.75, 3.05) is 26.7 Å². The van der Waals surface area contributed by atoms with E-state index in [1.54, 1.807) is 0 Å². The number of benzene rings is 1. The lowest BCUT2D eigenvalue weighted by atomic mass is 10.0. The average molecular weight is 261 g/mol. The Morgan fingerprint density at radius 1 is 1.42 bits per heavy atom. The van der Waals surface area contributed by atoms with E-state index in [-0.39, 0.29) is 11.9 Å². The van der Waals surface area contributed by atoms with E-state index in [9.17, 15) is 4.79 Å². The highest BCUT2D eigenvalue weighted by Gasteiger charge is 2.21. The van der Waals surface area contributed by atoms with Crippen LogP contribution in [0.2, 0.25) is 0 Å². The largest absolute Gasteiger partial charge is 0.354 e. The van der Waals surface area contributed by atoms with Gasteiger partial charge in [0.05, 0.1) is 6.04 Å². The van der Waals surface area contributed by atoms with Gasteiger partial charge in [0.1, 0.15) is 0 Å². The van der Waals surface area contributed by atoms with Gasteiger partial charge in [-0.15, -0.1) is 0 Å². The molecule has 0 aromatic heterocycles. The molecule has 1 heterocycles. The smallest absolute Gasteiger partial charge is 0.237 e. The average Bonchev–Trinajstić information content (AvgIpc) is 2.37. The highest BCUT2D eigenvalue weighted by Crippen LogP contribution is 2.06. The fourth-order valence-corrected chi connectivity index (χ4v) is 2.09. The lowest BCUT2D eigenvalue weighted by molar-refractivity contribution is -0.125. The summed E-state index contributed by atoms with van der Waals surface area (Å²) < 4.78 is 0. The summed E-state index contributed by atoms with van der Waals surface area (Å²) in [6, 6.07) is 10.1. The predicted octanol–water partition coefficient (Wildman–Crippen LogP) is 0.843. The molecule has 0 aliphatic carbocycles. The van der Waals surface area contributed by atoms with Gasteiger partial charge in [0.2, 0.25) is 5.91 Å². The first kappa shape index (κ1) is 14.0. The van der Waals surface area contributed by atoms with Gasteiger partial charge < -0.3 is 10.6 Å². The summed E-state index contributed by atoms with van der Waals surface area (Å²) in [6.45, 7) is 5.58. The molecular formula is C15H23N3O. The van der Waals surface area contributed by atoms with Crippen molar-refractivity contribution in [2.45, 2.75) is 19.5 Å². The fraction of sp³-hybridized carbons (Fsp3) is 0.533. The molecule has 1 aromatic carbocycles. The van der Waals surface area contributed by atoms with Crippen molar-refractivity contribution in [3.05, 3.63) is 35.9 Å². The Bertz CT molecular complexity index is 403. The second-order valence-electron chi connectivity index (χ2n) is 5.35. The van der Waals surface area contributed by atoms with Gasteiger partial charge in [-0.25, -0.2) is 0 Å². The quantitative estimate of drug-likeness (QED) is 0.798. The molecule has 1 fully saturated rings. The van der Waals surface area contributed by atoms with Crippen LogP contribution in [0.1, 0.15) is 12.5 Å². The maximum absolute atomic E-state index is 12.0. The van der Waals surface area contributed by atoms with Gasteiger partial charge in [-0.05, 0) is 19.5 Å². The van der Waals surface area contributed by atoms with E-state index < -0.39 is 0 Å². The normalized spacial score (nSPS) is 17.0. The van der Waals surface area contributed by atoms with E-state index >= 15 is 0 Å². The van der Waals surface area contributed by atoms with Crippen LogP contribution in [-0.2, 0) is 11.3 Å². The highest BCUT2D eigenvalue weighted by molar-refractivity contribution is 5.81. The molecule has 1 aromatic rings. The Morgan fingerprint density at radius 3 is 2.68 bits per heavy atom. The molecule has 104 valence electrons. The summed E-state index contributed by atoms with van der Waals surface area (Å²) in [5.41, 5.74) is 1.23. The van der Waals surface area contributed by atoms with Gasteiger partial charge >= 0.3 is 0 Å². The summed E-state index contributed by atoms with van der Waals surface area (Å²) in [7, 11) is 1.99. The third-order valence-corrected chi connectivity index (χ3v) is 3.75. The Labute approximate surface area is 115 Å². The van der Waals surface area contributed by atoms with Crippen LogP contribution >= 0.6 is 0 Å². The van der Waals surface area contributed by atoms with E-state index in [0.717, 1.165) is 26.2 Å². The molecule has 4 nitrogen and oxygen atoms in total. The lowest BCUT2D eigenvalue weighted by Crippen LogP contribution is -2.51.